The fourth-order valence-corrected chi connectivity index (χ4v) is 1.67. The highest BCUT2D eigenvalue weighted by Gasteiger charge is 2.02. The Morgan fingerprint density at radius 1 is 1.32 bits per heavy atom. The van der Waals surface area contributed by atoms with Gasteiger partial charge in [-0.1, -0.05) is 43.1 Å². The second kappa shape index (κ2) is 12.1. The fourth-order valence-electron chi connectivity index (χ4n) is 1.17. The van der Waals surface area contributed by atoms with Gasteiger partial charge in [0.15, 0.2) is 0 Å². The lowest BCUT2D eigenvalue weighted by Crippen LogP contribution is -2.03. The van der Waals surface area contributed by atoms with Gasteiger partial charge < -0.3 is 15.9 Å². The number of primary amides is 1. The number of nitrogens with two attached hydrogens (primary N) is 1. The van der Waals surface area contributed by atoms with Crippen LogP contribution in [0.3, 0.4) is 0 Å². The molecule has 0 aromatic heterocycles. The number of rotatable bonds is 3. The number of benzene rings is 1. The standard InChI is InChI=1S/C11H14Cl2.CH3NO2.CH4O/c1-8(2)3-4-9-5-6-10(12)7-11(9)13;2-1(3)4;1-2/h5-8H,3-4H2,1-2H3;2H2,(H,3,4);2H,1H3. The Kier molecular flexibility index (Phi) is 12.9. The molecule has 6 heteroatoms. The van der Waals surface area contributed by atoms with Crippen molar-refractivity contribution in [3.05, 3.63) is 33.8 Å². The third-order valence-electron chi connectivity index (χ3n) is 2.01. The molecule has 1 aromatic carbocycles. The number of halogens is 2. The number of hydrogen-bond acceptors (Lipinski definition) is 2. The fraction of sp³-hybridized carbons (Fsp3) is 0.462. The lowest BCUT2D eigenvalue weighted by Gasteiger charge is -2.06. The molecule has 0 saturated heterocycles. The lowest BCUT2D eigenvalue weighted by atomic mass is 10.0. The Bertz CT molecular complexity index is 367. The summed E-state index contributed by atoms with van der Waals surface area (Å²) < 4.78 is 0. The van der Waals surface area contributed by atoms with Crippen LogP contribution in [0.4, 0.5) is 4.79 Å². The van der Waals surface area contributed by atoms with E-state index in [-0.39, 0.29) is 0 Å². The minimum Gasteiger partial charge on any atom is -0.465 e. The van der Waals surface area contributed by atoms with Crippen molar-refractivity contribution < 1.29 is 15.0 Å². The van der Waals surface area contributed by atoms with E-state index >= 15 is 0 Å². The van der Waals surface area contributed by atoms with Gasteiger partial charge in [-0.2, -0.15) is 0 Å². The molecule has 0 heterocycles. The molecule has 0 atom stereocenters. The highest BCUT2D eigenvalue weighted by Crippen LogP contribution is 2.22. The zero-order chi connectivity index (χ0) is 15.4. The molecule has 0 saturated carbocycles. The summed E-state index contributed by atoms with van der Waals surface area (Å²) >= 11 is 11.8. The van der Waals surface area contributed by atoms with Crippen LogP contribution in [0.25, 0.3) is 0 Å². The van der Waals surface area contributed by atoms with Crippen LogP contribution >= 0.6 is 23.2 Å². The molecule has 0 aliphatic heterocycles. The molecule has 0 spiro atoms. The van der Waals surface area contributed by atoms with E-state index in [1.54, 1.807) is 6.07 Å². The second-order valence-electron chi connectivity index (χ2n) is 4.01. The minimum absolute atomic E-state index is 0.707. The SMILES string of the molecule is CC(C)CCc1ccc(Cl)cc1Cl.CO.NC(=O)O. The van der Waals surface area contributed by atoms with Crippen molar-refractivity contribution in [3.8, 4) is 0 Å². The van der Waals surface area contributed by atoms with Crippen LogP contribution in [0.5, 0.6) is 0 Å². The summed E-state index contributed by atoms with van der Waals surface area (Å²) in [6.45, 7) is 4.42. The Labute approximate surface area is 124 Å². The van der Waals surface area contributed by atoms with Gasteiger partial charge in [0.25, 0.3) is 0 Å². The predicted molar refractivity (Wildman–Crippen MR) is 80.0 cm³/mol. The third kappa shape index (κ3) is 13.3. The Morgan fingerprint density at radius 2 is 1.79 bits per heavy atom. The molecule has 0 fully saturated rings. The van der Waals surface area contributed by atoms with Gasteiger partial charge in [-0.05, 0) is 36.5 Å². The molecule has 0 unspecified atom stereocenters. The van der Waals surface area contributed by atoms with Crippen molar-refractivity contribution in [1.82, 2.24) is 0 Å². The van der Waals surface area contributed by atoms with Gasteiger partial charge in [0.05, 0.1) is 0 Å². The molecule has 19 heavy (non-hydrogen) atoms. The Hall–Kier alpha value is -0.970. The number of hydrogen-bond donors (Lipinski definition) is 3. The lowest BCUT2D eigenvalue weighted by molar-refractivity contribution is 0.205. The van der Waals surface area contributed by atoms with Crippen molar-refractivity contribution in [2.24, 2.45) is 11.7 Å². The topological polar surface area (TPSA) is 83.5 Å². The van der Waals surface area contributed by atoms with Gasteiger partial charge in [0, 0.05) is 17.2 Å². The first kappa shape index (κ1) is 20.3. The Morgan fingerprint density at radius 3 is 2.16 bits per heavy atom. The molecule has 4 nitrogen and oxygen atoms in total. The van der Waals surface area contributed by atoms with Crippen molar-refractivity contribution in [2.75, 3.05) is 7.11 Å². The van der Waals surface area contributed by atoms with Crippen LogP contribution in [-0.2, 0) is 6.42 Å². The molecule has 0 bridgehead atoms. The first-order valence-electron chi connectivity index (χ1n) is 5.70. The summed E-state index contributed by atoms with van der Waals surface area (Å²) in [6, 6.07) is 5.70. The van der Waals surface area contributed by atoms with E-state index in [0.717, 1.165) is 18.6 Å². The van der Waals surface area contributed by atoms with E-state index < -0.39 is 6.09 Å². The monoisotopic (exact) mass is 309 g/mol. The van der Waals surface area contributed by atoms with Gasteiger partial charge in [0.1, 0.15) is 0 Å². The zero-order valence-electron chi connectivity index (χ0n) is 11.4. The molecule has 4 N–H and O–H groups in total. The first-order valence-corrected chi connectivity index (χ1v) is 6.45. The molecule has 1 amide bonds. The summed E-state index contributed by atoms with van der Waals surface area (Å²) in [6.07, 6.45) is 0.870. The van der Waals surface area contributed by atoms with E-state index in [9.17, 15) is 0 Å². The average molecular weight is 310 g/mol. The predicted octanol–water partition coefficient (Wildman–Crippen LogP) is 3.81. The quantitative estimate of drug-likeness (QED) is 0.793. The summed E-state index contributed by atoms with van der Waals surface area (Å²) in [7, 11) is 1.00. The first-order chi connectivity index (χ1) is 8.82. The largest absolute Gasteiger partial charge is 0.465 e. The van der Waals surface area contributed by atoms with Crippen molar-refractivity contribution in [1.29, 1.82) is 0 Å². The van der Waals surface area contributed by atoms with Crippen molar-refractivity contribution in [3.63, 3.8) is 0 Å². The number of aliphatic hydroxyl groups is 1. The average Bonchev–Trinajstić information content (AvgIpc) is 2.29. The summed E-state index contributed by atoms with van der Waals surface area (Å²) in [5, 5.41) is 15.7. The highest BCUT2D eigenvalue weighted by atomic mass is 35.5. The van der Waals surface area contributed by atoms with Crippen LogP contribution in [-0.4, -0.2) is 23.4 Å². The van der Waals surface area contributed by atoms with Gasteiger partial charge in [0.2, 0.25) is 0 Å². The van der Waals surface area contributed by atoms with E-state index in [0.29, 0.717) is 10.9 Å². The third-order valence-corrected chi connectivity index (χ3v) is 2.59. The molecule has 1 rings (SSSR count). The van der Waals surface area contributed by atoms with E-state index in [1.807, 2.05) is 12.1 Å². The molecule has 0 aliphatic carbocycles. The number of aliphatic hydroxyl groups excluding tert-OH is 1. The molecule has 0 radical (unpaired) electrons. The van der Waals surface area contributed by atoms with Gasteiger partial charge in [-0.3, -0.25) is 0 Å². The maximum absolute atomic E-state index is 8.78. The molecule has 0 aliphatic rings. The highest BCUT2D eigenvalue weighted by molar-refractivity contribution is 6.35. The van der Waals surface area contributed by atoms with Gasteiger partial charge >= 0.3 is 6.09 Å². The summed E-state index contributed by atoms with van der Waals surface area (Å²) in [5.74, 6) is 0.715. The van der Waals surface area contributed by atoms with Crippen LogP contribution in [0.1, 0.15) is 25.8 Å². The maximum atomic E-state index is 8.78. The number of amides is 1. The molecular formula is C13H21Cl2NO3. The zero-order valence-corrected chi connectivity index (χ0v) is 12.9. The molecule has 110 valence electrons. The maximum Gasteiger partial charge on any atom is 0.402 e. The van der Waals surface area contributed by atoms with Crippen LogP contribution in [0.15, 0.2) is 18.2 Å². The van der Waals surface area contributed by atoms with Crippen molar-refractivity contribution in [2.45, 2.75) is 26.7 Å². The van der Waals surface area contributed by atoms with Crippen molar-refractivity contribution >= 4 is 29.3 Å². The van der Waals surface area contributed by atoms with Crippen LogP contribution in [0, 0.1) is 5.92 Å². The molecule has 1 aromatic rings. The normalized spacial score (nSPS) is 9.00. The van der Waals surface area contributed by atoms with Gasteiger partial charge in [-0.25, -0.2) is 4.79 Å². The van der Waals surface area contributed by atoms with E-state index in [2.05, 4.69) is 19.6 Å². The summed E-state index contributed by atoms with van der Waals surface area (Å²) in [5.41, 5.74) is 5.22. The van der Waals surface area contributed by atoms with E-state index in [4.69, 9.17) is 38.2 Å². The minimum atomic E-state index is -1.33. The smallest absolute Gasteiger partial charge is 0.402 e. The second-order valence-corrected chi connectivity index (χ2v) is 4.85. The number of carbonyl (C=O) groups is 1. The van der Waals surface area contributed by atoms with Crippen LogP contribution < -0.4 is 5.73 Å². The molecular weight excluding hydrogens is 289 g/mol. The number of aryl methyl sites for hydroxylation is 1. The van der Waals surface area contributed by atoms with E-state index in [1.165, 1.54) is 12.0 Å². The Balaban J connectivity index is 0. The summed E-state index contributed by atoms with van der Waals surface area (Å²) in [4.78, 5) is 8.78. The van der Waals surface area contributed by atoms with Crippen LogP contribution in [0.2, 0.25) is 10.0 Å². The van der Waals surface area contributed by atoms with Gasteiger partial charge in [-0.15, -0.1) is 0 Å². The number of carboxylic acid groups (broad SMARTS) is 1.